The van der Waals surface area contributed by atoms with Gasteiger partial charge >= 0.3 is 0 Å². The van der Waals surface area contributed by atoms with Crippen molar-refractivity contribution in [1.29, 1.82) is 0 Å². The van der Waals surface area contributed by atoms with E-state index in [-0.39, 0.29) is 23.2 Å². The molecule has 4 heterocycles. The minimum atomic E-state index is -0.444. The van der Waals surface area contributed by atoms with Crippen molar-refractivity contribution in [2.24, 2.45) is 4.99 Å². The lowest BCUT2D eigenvalue weighted by Crippen LogP contribution is -2.10. The van der Waals surface area contributed by atoms with E-state index < -0.39 is 5.91 Å². The summed E-state index contributed by atoms with van der Waals surface area (Å²) in [7, 11) is 0. The van der Waals surface area contributed by atoms with E-state index in [0.717, 1.165) is 11.3 Å². The van der Waals surface area contributed by atoms with Gasteiger partial charge < -0.3 is 8.83 Å². The molecule has 0 aromatic carbocycles. The fourth-order valence-corrected chi connectivity index (χ4v) is 3.39. The maximum absolute atomic E-state index is 13.0. The van der Waals surface area contributed by atoms with Gasteiger partial charge in [0.1, 0.15) is 10.6 Å². The highest BCUT2D eigenvalue weighted by molar-refractivity contribution is 7.18. The summed E-state index contributed by atoms with van der Waals surface area (Å²) >= 11 is 1.08. The number of aromatic nitrogens is 1. The number of hydrogen-bond donors (Lipinski definition) is 1. The Labute approximate surface area is 157 Å². The third-order valence-corrected chi connectivity index (χ3v) is 4.68. The van der Waals surface area contributed by atoms with Crippen molar-refractivity contribution in [2.75, 3.05) is 11.9 Å². The molecule has 0 unspecified atom stereocenters. The van der Waals surface area contributed by atoms with E-state index >= 15 is 0 Å². The van der Waals surface area contributed by atoms with Crippen molar-refractivity contribution in [3.63, 3.8) is 0 Å². The molecule has 1 amide bonds. The van der Waals surface area contributed by atoms with Gasteiger partial charge in [0.05, 0.1) is 19.1 Å². The highest BCUT2D eigenvalue weighted by atomic mass is 32.1. The van der Waals surface area contributed by atoms with E-state index in [1.807, 2.05) is 0 Å². The van der Waals surface area contributed by atoms with Crippen LogP contribution in [0.2, 0.25) is 0 Å². The van der Waals surface area contributed by atoms with Gasteiger partial charge in [0, 0.05) is 11.8 Å². The molecule has 1 N–H and O–H groups in total. The van der Waals surface area contributed by atoms with E-state index in [1.54, 1.807) is 48.7 Å². The van der Waals surface area contributed by atoms with Crippen LogP contribution in [0.15, 0.2) is 74.4 Å². The van der Waals surface area contributed by atoms with Gasteiger partial charge in [-0.05, 0) is 30.3 Å². The van der Waals surface area contributed by atoms with Crippen molar-refractivity contribution < 1.29 is 18.4 Å². The Morgan fingerprint density at radius 2 is 1.96 bits per heavy atom. The molecule has 27 heavy (non-hydrogen) atoms. The molecule has 0 saturated heterocycles. The molecule has 3 aromatic rings. The standard InChI is InChI=1S/C19H13N3O4S/c23-16(12-5-1-2-8-20-11-12)17-15(13-6-3-9-25-13)21-19(27-17)22-18(24)14-7-4-10-26-14/h1-10H,11H2,(H,21,22,24). The van der Waals surface area contributed by atoms with Crippen LogP contribution in [-0.4, -0.2) is 29.4 Å². The van der Waals surface area contributed by atoms with Gasteiger partial charge in [0.15, 0.2) is 16.7 Å². The molecule has 0 aliphatic carbocycles. The number of rotatable bonds is 5. The average molecular weight is 379 g/mol. The van der Waals surface area contributed by atoms with Crippen LogP contribution in [0.5, 0.6) is 0 Å². The first kappa shape index (κ1) is 16.9. The maximum atomic E-state index is 13.0. The number of nitrogens with zero attached hydrogens (tertiary/aromatic N) is 2. The van der Waals surface area contributed by atoms with Crippen LogP contribution in [0.25, 0.3) is 11.5 Å². The Balaban J connectivity index is 1.69. The number of nitrogens with one attached hydrogen (secondary N) is 1. The van der Waals surface area contributed by atoms with Crippen LogP contribution in [-0.2, 0) is 0 Å². The van der Waals surface area contributed by atoms with Crippen LogP contribution < -0.4 is 5.32 Å². The molecule has 7 nitrogen and oxygen atoms in total. The Hall–Kier alpha value is -3.52. The fraction of sp³-hybridized carbons (Fsp3) is 0.0526. The summed E-state index contributed by atoms with van der Waals surface area (Å²) in [6.45, 7) is 0.273. The molecule has 134 valence electrons. The topological polar surface area (TPSA) is 97.7 Å². The van der Waals surface area contributed by atoms with Crippen LogP contribution >= 0.6 is 11.3 Å². The number of thiazole rings is 1. The molecule has 0 saturated carbocycles. The van der Waals surface area contributed by atoms with Gasteiger partial charge in [-0.15, -0.1) is 0 Å². The van der Waals surface area contributed by atoms with E-state index in [2.05, 4.69) is 15.3 Å². The first-order chi connectivity index (χ1) is 13.2. The van der Waals surface area contributed by atoms with Crippen LogP contribution in [0.3, 0.4) is 0 Å². The molecule has 8 heteroatoms. The highest BCUT2D eigenvalue weighted by Gasteiger charge is 2.25. The zero-order chi connectivity index (χ0) is 18.6. The molecular formula is C19H13N3O4S. The molecule has 3 aromatic heterocycles. The van der Waals surface area contributed by atoms with Crippen molar-refractivity contribution in [3.05, 3.63) is 71.2 Å². The Morgan fingerprint density at radius 1 is 1.11 bits per heavy atom. The van der Waals surface area contributed by atoms with Gasteiger partial charge in [-0.3, -0.25) is 19.9 Å². The summed E-state index contributed by atoms with van der Waals surface area (Å²) in [5.74, 6) is -0.0500. The van der Waals surface area contributed by atoms with E-state index in [4.69, 9.17) is 8.83 Å². The number of hydrogen-bond acceptors (Lipinski definition) is 7. The predicted molar refractivity (Wildman–Crippen MR) is 101 cm³/mol. The van der Waals surface area contributed by atoms with E-state index in [1.165, 1.54) is 12.5 Å². The van der Waals surface area contributed by atoms with Gasteiger partial charge in [-0.25, -0.2) is 4.98 Å². The lowest BCUT2D eigenvalue weighted by molar-refractivity contribution is 0.0995. The summed E-state index contributed by atoms with van der Waals surface area (Å²) in [4.78, 5) is 34.1. The van der Waals surface area contributed by atoms with Crippen LogP contribution in [0.1, 0.15) is 20.2 Å². The SMILES string of the molecule is O=C(Nc1nc(-c2ccco2)c(C(=O)C2=CC=CC=NC2)s1)c1ccco1. The molecule has 1 aliphatic heterocycles. The van der Waals surface area contributed by atoms with Crippen LogP contribution in [0.4, 0.5) is 5.13 Å². The minimum Gasteiger partial charge on any atom is -0.463 e. The third kappa shape index (κ3) is 3.56. The first-order valence-electron chi connectivity index (χ1n) is 8.02. The predicted octanol–water partition coefficient (Wildman–Crippen LogP) is 4.00. The second kappa shape index (κ2) is 7.38. The summed E-state index contributed by atoms with van der Waals surface area (Å²) in [6.07, 6.45) is 9.80. The molecule has 1 aliphatic rings. The highest BCUT2D eigenvalue weighted by Crippen LogP contribution is 2.33. The zero-order valence-corrected chi connectivity index (χ0v) is 14.7. The normalized spacial score (nSPS) is 13.3. The second-order valence-corrected chi connectivity index (χ2v) is 6.50. The number of aliphatic imine (C=N–C) groups is 1. The average Bonchev–Trinajstić information content (AvgIpc) is 3.40. The quantitative estimate of drug-likeness (QED) is 0.676. The molecular weight excluding hydrogens is 366 g/mol. The maximum Gasteiger partial charge on any atom is 0.293 e. The number of carbonyl (C=O) groups excluding carboxylic acids is 2. The number of allylic oxidation sites excluding steroid dienone is 3. The molecule has 0 bridgehead atoms. The first-order valence-corrected chi connectivity index (χ1v) is 8.84. The van der Waals surface area contributed by atoms with Crippen molar-refractivity contribution >= 4 is 34.4 Å². The fourth-order valence-electron chi connectivity index (χ4n) is 2.45. The second-order valence-electron chi connectivity index (χ2n) is 5.50. The smallest absolute Gasteiger partial charge is 0.293 e. The molecule has 0 atom stereocenters. The van der Waals surface area contributed by atoms with Gasteiger partial charge in [0.25, 0.3) is 5.91 Å². The number of furan rings is 2. The number of anilines is 1. The zero-order valence-electron chi connectivity index (χ0n) is 13.9. The lowest BCUT2D eigenvalue weighted by Gasteiger charge is -2.01. The summed E-state index contributed by atoms with van der Waals surface area (Å²) in [5, 5.41) is 2.93. The third-order valence-electron chi connectivity index (χ3n) is 3.71. The Morgan fingerprint density at radius 3 is 2.74 bits per heavy atom. The number of amides is 1. The largest absolute Gasteiger partial charge is 0.463 e. The van der Waals surface area contributed by atoms with Crippen molar-refractivity contribution in [1.82, 2.24) is 4.98 Å². The number of Topliss-reactive ketones (excluding diaryl/α,β-unsaturated/α-hetero) is 1. The molecule has 4 rings (SSSR count). The summed E-state index contributed by atoms with van der Waals surface area (Å²) in [6, 6.07) is 6.58. The molecule has 0 fully saturated rings. The number of ketones is 1. The van der Waals surface area contributed by atoms with Crippen molar-refractivity contribution in [3.8, 4) is 11.5 Å². The molecule has 0 spiro atoms. The minimum absolute atomic E-state index is 0.156. The van der Waals surface area contributed by atoms with Gasteiger partial charge in [-0.1, -0.05) is 23.5 Å². The Kier molecular flexibility index (Phi) is 4.63. The monoisotopic (exact) mass is 379 g/mol. The summed E-state index contributed by atoms with van der Waals surface area (Å²) in [5.41, 5.74) is 0.906. The van der Waals surface area contributed by atoms with Crippen molar-refractivity contribution in [2.45, 2.75) is 0 Å². The van der Waals surface area contributed by atoms with Gasteiger partial charge in [-0.2, -0.15) is 0 Å². The number of carbonyl (C=O) groups is 2. The summed E-state index contributed by atoms with van der Waals surface area (Å²) < 4.78 is 10.5. The van der Waals surface area contributed by atoms with Gasteiger partial charge in [0.2, 0.25) is 5.78 Å². The molecule has 0 radical (unpaired) electrons. The van der Waals surface area contributed by atoms with Crippen LogP contribution in [0, 0.1) is 0 Å². The Bertz CT molecular complexity index is 1060. The lowest BCUT2D eigenvalue weighted by atomic mass is 10.1. The van der Waals surface area contributed by atoms with E-state index in [9.17, 15) is 9.59 Å². The van der Waals surface area contributed by atoms with E-state index in [0.29, 0.717) is 21.9 Å².